The van der Waals surface area contributed by atoms with E-state index in [0.717, 1.165) is 36.9 Å². The number of aryl methyl sites for hydroxylation is 1. The molecule has 156 valence electrons. The third-order valence-corrected chi connectivity index (χ3v) is 6.46. The highest BCUT2D eigenvalue weighted by atomic mass is 32.2. The normalized spacial score (nSPS) is 13.3. The Labute approximate surface area is 181 Å². The van der Waals surface area contributed by atoms with Crippen LogP contribution in [0.2, 0.25) is 0 Å². The van der Waals surface area contributed by atoms with E-state index in [1.165, 1.54) is 39.5 Å². The molecule has 2 heterocycles. The summed E-state index contributed by atoms with van der Waals surface area (Å²) in [7, 11) is 0. The van der Waals surface area contributed by atoms with Gasteiger partial charge in [0.2, 0.25) is 11.1 Å². The molecule has 0 fully saturated rings. The van der Waals surface area contributed by atoms with Gasteiger partial charge in [0.05, 0.1) is 22.5 Å². The molecule has 5 rings (SSSR count). The molecule has 8 nitrogen and oxygen atoms in total. The number of tetrazole rings is 1. The summed E-state index contributed by atoms with van der Waals surface area (Å²) >= 11 is 1.26. The Morgan fingerprint density at radius 3 is 2.61 bits per heavy atom. The van der Waals surface area contributed by atoms with Crippen molar-refractivity contribution in [2.24, 2.45) is 0 Å². The summed E-state index contributed by atoms with van der Waals surface area (Å²) in [6.45, 7) is 0. The standard InChI is InChI=1S/C22H19N5O3S/c28-20(26-18-7-3-1-5-16(18)17-6-2-4-8-19(17)26)13-31-22-23-24-25-27(22)15-11-9-14(10-12-15)21(29)30/h1,3,5,7,9-12H,2,4,6,8,13H2,(H,29,30). The van der Waals surface area contributed by atoms with Crippen LogP contribution in [0, 0.1) is 0 Å². The number of fused-ring (bicyclic) bond motifs is 3. The van der Waals surface area contributed by atoms with E-state index in [-0.39, 0.29) is 17.2 Å². The van der Waals surface area contributed by atoms with Crippen molar-refractivity contribution in [1.29, 1.82) is 0 Å². The molecular formula is C22H19N5O3S. The Morgan fingerprint density at radius 2 is 1.81 bits per heavy atom. The lowest BCUT2D eigenvalue weighted by atomic mass is 9.96. The van der Waals surface area contributed by atoms with Crippen LogP contribution in [-0.2, 0) is 12.8 Å². The maximum absolute atomic E-state index is 13.3. The minimum absolute atomic E-state index is 0.000116. The number of nitrogens with zero attached hydrogens (tertiary/aromatic N) is 5. The van der Waals surface area contributed by atoms with E-state index in [2.05, 4.69) is 21.6 Å². The van der Waals surface area contributed by atoms with Crippen LogP contribution in [-0.4, -0.2) is 47.5 Å². The molecule has 0 aliphatic heterocycles. The van der Waals surface area contributed by atoms with E-state index in [1.54, 1.807) is 12.1 Å². The summed E-state index contributed by atoms with van der Waals surface area (Å²) in [6.07, 6.45) is 4.16. The van der Waals surface area contributed by atoms with Crippen molar-refractivity contribution < 1.29 is 14.7 Å². The maximum atomic E-state index is 13.3. The summed E-state index contributed by atoms with van der Waals surface area (Å²) in [5, 5.41) is 22.5. The topological polar surface area (TPSA) is 103 Å². The molecule has 2 aromatic carbocycles. The van der Waals surface area contributed by atoms with Crippen molar-refractivity contribution in [1.82, 2.24) is 24.8 Å². The summed E-state index contributed by atoms with van der Waals surface area (Å²) in [5.74, 6) is -0.801. The van der Waals surface area contributed by atoms with Crippen molar-refractivity contribution in [3.8, 4) is 5.69 Å². The van der Waals surface area contributed by atoms with Gasteiger partial charge in [-0.15, -0.1) is 5.10 Å². The molecule has 0 saturated carbocycles. The van der Waals surface area contributed by atoms with Gasteiger partial charge in [-0.1, -0.05) is 30.0 Å². The second-order valence-corrected chi connectivity index (χ2v) is 8.34. The summed E-state index contributed by atoms with van der Waals surface area (Å²) < 4.78 is 3.37. The van der Waals surface area contributed by atoms with E-state index in [1.807, 2.05) is 22.8 Å². The van der Waals surface area contributed by atoms with Crippen molar-refractivity contribution in [3.63, 3.8) is 0 Å². The largest absolute Gasteiger partial charge is 0.478 e. The van der Waals surface area contributed by atoms with Crippen LogP contribution in [0.1, 0.15) is 39.3 Å². The number of aromatic nitrogens is 5. The first-order chi connectivity index (χ1) is 15.1. The van der Waals surface area contributed by atoms with Gasteiger partial charge in [0.15, 0.2) is 0 Å². The molecule has 0 bridgehead atoms. The minimum Gasteiger partial charge on any atom is -0.478 e. The lowest BCUT2D eigenvalue weighted by molar-refractivity contribution is 0.0696. The van der Waals surface area contributed by atoms with Crippen LogP contribution in [0.15, 0.2) is 53.7 Å². The number of hydrogen-bond donors (Lipinski definition) is 1. The molecule has 2 aromatic heterocycles. The molecular weight excluding hydrogens is 414 g/mol. The van der Waals surface area contributed by atoms with Crippen molar-refractivity contribution in [2.45, 2.75) is 30.8 Å². The van der Waals surface area contributed by atoms with Crippen molar-refractivity contribution in [2.75, 3.05) is 5.75 Å². The third kappa shape index (κ3) is 3.50. The van der Waals surface area contributed by atoms with E-state index < -0.39 is 5.97 Å². The molecule has 4 aromatic rings. The third-order valence-electron chi connectivity index (χ3n) is 5.55. The number of aromatic carboxylic acids is 1. The smallest absolute Gasteiger partial charge is 0.335 e. The number of rotatable bonds is 5. The quantitative estimate of drug-likeness (QED) is 0.480. The number of carbonyl (C=O) groups excluding carboxylic acids is 1. The molecule has 1 aliphatic carbocycles. The number of carboxylic acids is 1. The number of thioether (sulfide) groups is 1. The number of benzene rings is 2. The fourth-order valence-electron chi connectivity index (χ4n) is 4.15. The van der Waals surface area contributed by atoms with Crippen LogP contribution in [0.3, 0.4) is 0 Å². The summed E-state index contributed by atoms with van der Waals surface area (Å²) in [4.78, 5) is 24.3. The fourth-order valence-corrected chi connectivity index (χ4v) is 4.89. The second-order valence-electron chi connectivity index (χ2n) is 7.39. The average molecular weight is 433 g/mol. The highest BCUT2D eigenvalue weighted by Crippen LogP contribution is 2.32. The first-order valence-electron chi connectivity index (χ1n) is 10.0. The Kier molecular flexibility index (Phi) is 5.03. The van der Waals surface area contributed by atoms with Crippen LogP contribution in [0.25, 0.3) is 16.6 Å². The van der Waals surface area contributed by atoms with Gasteiger partial charge in [-0.25, -0.2) is 4.79 Å². The van der Waals surface area contributed by atoms with Crippen molar-refractivity contribution >= 4 is 34.5 Å². The zero-order valence-electron chi connectivity index (χ0n) is 16.6. The fraction of sp³-hybridized carbons (Fsp3) is 0.227. The van der Waals surface area contributed by atoms with Gasteiger partial charge >= 0.3 is 5.97 Å². The predicted molar refractivity (Wildman–Crippen MR) is 116 cm³/mol. The molecule has 0 radical (unpaired) electrons. The zero-order valence-corrected chi connectivity index (χ0v) is 17.4. The molecule has 0 amide bonds. The number of carboxylic acid groups (broad SMARTS) is 1. The minimum atomic E-state index is -0.995. The predicted octanol–water partition coefficient (Wildman–Crippen LogP) is 3.63. The highest BCUT2D eigenvalue weighted by molar-refractivity contribution is 7.99. The SMILES string of the molecule is O=C(O)c1ccc(-n2nnnc2SCC(=O)n2c3c(c4ccccc42)CCCC3)cc1. The Hall–Kier alpha value is -3.46. The molecule has 31 heavy (non-hydrogen) atoms. The monoisotopic (exact) mass is 433 g/mol. The van der Waals surface area contributed by atoms with Gasteiger partial charge in [-0.3, -0.25) is 9.36 Å². The molecule has 0 spiro atoms. The number of carbonyl (C=O) groups is 2. The van der Waals surface area contributed by atoms with Gasteiger partial charge < -0.3 is 5.11 Å². The van der Waals surface area contributed by atoms with Crippen LogP contribution >= 0.6 is 11.8 Å². The first-order valence-corrected chi connectivity index (χ1v) is 11.0. The van der Waals surface area contributed by atoms with Crippen LogP contribution in [0.5, 0.6) is 0 Å². The second kappa shape index (κ2) is 7.99. The molecule has 1 aliphatic rings. The molecule has 1 N–H and O–H groups in total. The van der Waals surface area contributed by atoms with E-state index in [9.17, 15) is 9.59 Å². The molecule has 0 saturated heterocycles. The van der Waals surface area contributed by atoms with E-state index in [0.29, 0.717) is 10.8 Å². The average Bonchev–Trinajstić information content (AvgIpc) is 3.40. The first kappa shape index (κ1) is 19.5. The molecule has 0 atom stereocenters. The van der Waals surface area contributed by atoms with Gasteiger partial charge in [-0.05, 0) is 72.0 Å². The summed E-state index contributed by atoms with van der Waals surface area (Å²) in [5.41, 5.74) is 4.20. The van der Waals surface area contributed by atoms with Crippen molar-refractivity contribution in [3.05, 3.63) is 65.4 Å². The van der Waals surface area contributed by atoms with Crippen LogP contribution in [0.4, 0.5) is 0 Å². The van der Waals surface area contributed by atoms with Gasteiger partial charge in [-0.2, -0.15) is 4.68 Å². The van der Waals surface area contributed by atoms with Gasteiger partial charge in [0.1, 0.15) is 0 Å². The number of para-hydroxylation sites is 1. The van der Waals surface area contributed by atoms with Gasteiger partial charge in [0, 0.05) is 11.1 Å². The Bertz CT molecular complexity index is 1290. The molecule has 9 heteroatoms. The molecule has 0 unspecified atom stereocenters. The van der Waals surface area contributed by atoms with E-state index in [4.69, 9.17) is 5.11 Å². The Balaban J connectivity index is 1.40. The lowest BCUT2D eigenvalue weighted by Crippen LogP contribution is -2.18. The highest BCUT2D eigenvalue weighted by Gasteiger charge is 2.23. The maximum Gasteiger partial charge on any atom is 0.335 e. The Morgan fingerprint density at radius 1 is 1.03 bits per heavy atom. The van der Waals surface area contributed by atoms with E-state index >= 15 is 0 Å². The number of hydrogen-bond acceptors (Lipinski definition) is 6. The lowest BCUT2D eigenvalue weighted by Gasteiger charge is -2.15. The van der Waals surface area contributed by atoms with Crippen LogP contribution < -0.4 is 0 Å². The zero-order chi connectivity index (χ0) is 21.4. The summed E-state index contributed by atoms with van der Waals surface area (Å²) in [6, 6.07) is 14.4. The van der Waals surface area contributed by atoms with Gasteiger partial charge in [0.25, 0.3) is 0 Å².